The van der Waals surface area contributed by atoms with E-state index in [0.717, 1.165) is 60.2 Å². The quantitative estimate of drug-likeness (QED) is 0.0220. The number of rotatable bonds is 38. The molecule has 2 aliphatic rings. The standard InChI is InChI=1S/C47H54O2.C43H50O2/c1-3-5-7-9-11-13-31-47(32-14-12-10-8-6-4-2)45-35-41(39-23-19-37(20-24-39)17-15-33-48)27-29-43(45)44-30-28-42(36-46(44)47)40-25-21-38(22-26-40)18-16-34-49;1-3-5-7-9-11-13-27-43(28-14-12-10-8-6-4-2)41-29-37(35-19-15-33(31-44)16-20-35)23-25-39(41)40-26-24-38(30-42(40)43)36-21-17-34(32-45)18-22-36/h15-30,33-36H,3-14,31-32H2,1-2H3;15-26,29-32H,3-14,27-28H2,1-2H3/b17-15+,18-16+;. The van der Waals surface area contributed by atoms with Gasteiger partial charge in [0, 0.05) is 22.0 Å². The lowest BCUT2D eigenvalue weighted by atomic mass is 9.70. The molecule has 0 unspecified atom stereocenters. The summed E-state index contributed by atoms with van der Waals surface area (Å²) in [4.78, 5) is 44.4. The Kier molecular flexibility index (Phi) is 27.3. The molecular formula is C90H104O4. The van der Waals surface area contributed by atoms with Gasteiger partial charge in [-0.25, -0.2) is 0 Å². The Balaban J connectivity index is 0.000000222. The fraction of sp³-hybridized carbons (Fsp3) is 0.378. The van der Waals surface area contributed by atoms with Crippen LogP contribution in [0.5, 0.6) is 0 Å². The molecule has 10 rings (SSSR count). The van der Waals surface area contributed by atoms with Gasteiger partial charge in [0.1, 0.15) is 25.1 Å². The van der Waals surface area contributed by atoms with Crippen molar-refractivity contribution in [2.75, 3.05) is 0 Å². The number of hydrogen-bond donors (Lipinski definition) is 0. The van der Waals surface area contributed by atoms with Gasteiger partial charge in [0.15, 0.2) is 0 Å². The topological polar surface area (TPSA) is 68.3 Å². The van der Waals surface area contributed by atoms with Gasteiger partial charge in [-0.1, -0.05) is 340 Å². The molecule has 0 N–H and O–H groups in total. The SMILES string of the molecule is CCCCCCCCC1(CCCCCCCC)c2cc(-c3ccc(/C=C/C=O)cc3)ccc2-c2ccc(-c3ccc(/C=C/C=O)cc3)cc21.CCCCCCCCC1(CCCCCCCC)c2cc(-c3ccc(C=O)cc3)ccc2-c2ccc(-c3ccc(C=O)cc3)cc21. The van der Waals surface area contributed by atoms with Crippen molar-refractivity contribution >= 4 is 37.3 Å². The van der Waals surface area contributed by atoms with E-state index in [-0.39, 0.29) is 10.8 Å². The maximum absolute atomic E-state index is 11.3. The van der Waals surface area contributed by atoms with Crippen LogP contribution < -0.4 is 0 Å². The van der Waals surface area contributed by atoms with Crippen LogP contribution >= 0.6 is 0 Å². The zero-order valence-corrected chi connectivity index (χ0v) is 57.2. The largest absolute Gasteiger partial charge is 0.299 e. The normalized spacial score (nSPS) is 13.1. The lowest BCUT2D eigenvalue weighted by molar-refractivity contribution is -0.104. The summed E-state index contributed by atoms with van der Waals surface area (Å²) in [6, 6.07) is 61.7. The molecule has 0 radical (unpaired) electrons. The Bertz CT molecular complexity index is 3500. The zero-order chi connectivity index (χ0) is 65.8. The van der Waals surface area contributed by atoms with E-state index in [1.807, 2.05) is 36.4 Å². The Hall–Kier alpha value is -8.08. The number of allylic oxidation sites excluding steroid dienone is 2. The van der Waals surface area contributed by atoms with Crippen LogP contribution in [0.1, 0.15) is 262 Å². The van der Waals surface area contributed by atoms with Crippen molar-refractivity contribution < 1.29 is 19.2 Å². The minimum atomic E-state index is -0.0301. The van der Waals surface area contributed by atoms with E-state index in [0.29, 0.717) is 11.1 Å². The molecule has 2 aliphatic carbocycles. The molecule has 8 aromatic carbocycles. The molecule has 488 valence electrons. The van der Waals surface area contributed by atoms with Gasteiger partial charge in [0.2, 0.25) is 0 Å². The molecule has 0 saturated heterocycles. The molecule has 0 atom stereocenters. The lowest BCUT2D eigenvalue weighted by Gasteiger charge is -2.33. The van der Waals surface area contributed by atoms with Gasteiger partial charge in [-0.3, -0.25) is 19.2 Å². The third-order valence-electron chi connectivity index (χ3n) is 20.5. The molecular weight excluding hydrogens is 1140 g/mol. The number of unbranched alkanes of at least 4 members (excludes halogenated alkanes) is 20. The van der Waals surface area contributed by atoms with Gasteiger partial charge in [-0.05, 0) is 162 Å². The smallest absolute Gasteiger partial charge is 0.150 e. The van der Waals surface area contributed by atoms with Gasteiger partial charge in [-0.2, -0.15) is 0 Å². The average Bonchev–Trinajstić information content (AvgIpc) is 1.57. The fourth-order valence-electron chi connectivity index (χ4n) is 15.2. The highest BCUT2D eigenvalue weighted by atomic mass is 16.1. The maximum Gasteiger partial charge on any atom is 0.150 e. The second kappa shape index (κ2) is 36.5. The van der Waals surface area contributed by atoms with Crippen LogP contribution in [0.4, 0.5) is 0 Å². The highest BCUT2D eigenvalue weighted by Crippen LogP contribution is 2.58. The van der Waals surface area contributed by atoms with Crippen molar-refractivity contribution in [3.8, 4) is 66.8 Å². The molecule has 0 spiro atoms. The van der Waals surface area contributed by atoms with Gasteiger partial charge in [0.05, 0.1) is 0 Å². The van der Waals surface area contributed by atoms with E-state index >= 15 is 0 Å². The van der Waals surface area contributed by atoms with Gasteiger partial charge in [-0.15, -0.1) is 0 Å². The van der Waals surface area contributed by atoms with Crippen molar-refractivity contribution in [1.82, 2.24) is 0 Å². The number of carbonyl (C=O) groups excluding carboxylic acids is 4. The predicted octanol–water partition coefficient (Wildman–Crippen LogP) is 25.6. The average molecular weight is 1250 g/mol. The summed E-state index contributed by atoms with van der Waals surface area (Å²) in [6.45, 7) is 9.16. The summed E-state index contributed by atoms with van der Waals surface area (Å²) in [7, 11) is 0. The molecule has 0 heterocycles. The summed E-state index contributed by atoms with van der Waals surface area (Å²) < 4.78 is 0. The first kappa shape index (κ1) is 70.2. The van der Waals surface area contributed by atoms with E-state index < -0.39 is 0 Å². The molecule has 94 heavy (non-hydrogen) atoms. The predicted molar refractivity (Wildman–Crippen MR) is 400 cm³/mol. The molecule has 8 aromatic rings. The van der Waals surface area contributed by atoms with Crippen LogP contribution in [0.25, 0.3) is 78.9 Å². The van der Waals surface area contributed by atoms with Crippen molar-refractivity contribution in [1.29, 1.82) is 0 Å². The number of fused-ring (bicyclic) bond motifs is 6. The third-order valence-corrected chi connectivity index (χ3v) is 20.5. The minimum Gasteiger partial charge on any atom is -0.299 e. The lowest BCUT2D eigenvalue weighted by Crippen LogP contribution is -2.25. The van der Waals surface area contributed by atoms with Crippen LogP contribution in [-0.2, 0) is 20.4 Å². The number of carbonyl (C=O) groups is 4. The molecule has 4 nitrogen and oxygen atoms in total. The van der Waals surface area contributed by atoms with Crippen molar-refractivity contribution in [3.63, 3.8) is 0 Å². The fourth-order valence-corrected chi connectivity index (χ4v) is 15.2. The van der Waals surface area contributed by atoms with E-state index in [2.05, 4.69) is 173 Å². The van der Waals surface area contributed by atoms with E-state index in [4.69, 9.17) is 0 Å². The van der Waals surface area contributed by atoms with E-state index in [9.17, 15) is 19.2 Å². The first-order valence-electron chi connectivity index (χ1n) is 36.4. The van der Waals surface area contributed by atoms with Crippen molar-refractivity contribution in [2.45, 2.75) is 218 Å². The molecule has 0 bridgehead atoms. The van der Waals surface area contributed by atoms with Crippen molar-refractivity contribution in [3.05, 3.63) is 227 Å². The molecule has 0 aromatic heterocycles. The molecule has 4 heteroatoms. The third kappa shape index (κ3) is 17.8. The molecule has 0 aliphatic heterocycles. The van der Waals surface area contributed by atoms with Crippen LogP contribution in [0, 0.1) is 0 Å². The van der Waals surface area contributed by atoms with Gasteiger partial charge in [0.25, 0.3) is 0 Å². The molecule has 0 saturated carbocycles. The van der Waals surface area contributed by atoms with Crippen molar-refractivity contribution in [2.24, 2.45) is 0 Å². The maximum atomic E-state index is 11.3. The summed E-state index contributed by atoms with van der Waals surface area (Å²) in [5, 5.41) is 0. The van der Waals surface area contributed by atoms with E-state index in [1.54, 1.807) is 12.2 Å². The second-order valence-corrected chi connectivity index (χ2v) is 27.0. The van der Waals surface area contributed by atoms with Crippen LogP contribution in [0.2, 0.25) is 0 Å². The first-order valence-corrected chi connectivity index (χ1v) is 36.4. The zero-order valence-electron chi connectivity index (χ0n) is 57.2. The minimum absolute atomic E-state index is 0.0223. The summed E-state index contributed by atoms with van der Waals surface area (Å²) in [6.07, 6.45) is 46.0. The second-order valence-electron chi connectivity index (χ2n) is 27.0. The van der Waals surface area contributed by atoms with Crippen LogP contribution in [0.3, 0.4) is 0 Å². The summed E-state index contributed by atoms with van der Waals surface area (Å²) in [5.74, 6) is 0. The highest BCUT2D eigenvalue weighted by molar-refractivity contribution is 5.89. The number of aldehydes is 4. The Morgan fingerprint density at radius 1 is 0.245 bits per heavy atom. The summed E-state index contributed by atoms with van der Waals surface area (Å²) >= 11 is 0. The molecule has 0 amide bonds. The number of hydrogen-bond acceptors (Lipinski definition) is 4. The Morgan fingerprint density at radius 2 is 0.457 bits per heavy atom. The van der Waals surface area contributed by atoms with Crippen LogP contribution in [-0.4, -0.2) is 25.1 Å². The summed E-state index contributed by atoms with van der Waals surface area (Å²) in [5.41, 5.74) is 24.6. The monoisotopic (exact) mass is 1250 g/mol. The van der Waals surface area contributed by atoms with Gasteiger partial charge < -0.3 is 0 Å². The Labute approximate surface area is 564 Å². The van der Waals surface area contributed by atoms with Gasteiger partial charge >= 0.3 is 0 Å². The van der Waals surface area contributed by atoms with E-state index in [1.165, 1.54) is 245 Å². The first-order chi connectivity index (χ1) is 46.3. The van der Waals surface area contributed by atoms with Crippen LogP contribution in [0.15, 0.2) is 182 Å². The Morgan fingerprint density at radius 3 is 0.681 bits per heavy atom. The molecule has 0 fully saturated rings. The highest BCUT2D eigenvalue weighted by Gasteiger charge is 2.44. The number of benzene rings is 8.